The van der Waals surface area contributed by atoms with E-state index in [1.165, 1.54) is 244 Å². The molecule has 0 aromatic heterocycles. The molecule has 0 radical (unpaired) electrons. The Labute approximate surface area is 516 Å². The summed E-state index contributed by atoms with van der Waals surface area (Å²) in [6.45, 7) is 62.9. The van der Waals surface area contributed by atoms with Crippen molar-refractivity contribution in [3.63, 3.8) is 0 Å². The lowest BCUT2D eigenvalue weighted by atomic mass is 9.70. The van der Waals surface area contributed by atoms with E-state index in [1.54, 1.807) is 0 Å². The average molecular weight is 1180 g/mol. The van der Waals surface area contributed by atoms with Gasteiger partial charge in [0.2, 0.25) is 0 Å². The van der Waals surface area contributed by atoms with Gasteiger partial charge in [-0.3, -0.25) is 29.9 Å². The highest BCUT2D eigenvalue weighted by atomic mass is 35.5. The second-order valence-electron chi connectivity index (χ2n) is 33.7. The molecule has 0 aromatic rings. The molecule has 0 aliphatic carbocycles. The molecule has 0 bridgehead atoms. The van der Waals surface area contributed by atoms with Gasteiger partial charge in [0, 0.05) is 73.6 Å². The molecule has 0 atom stereocenters. The number of nitrogens with zero attached hydrogens (tertiary/aromatic N) is 9. The van der Waals surface area contributed by atoms with Crippen molar-refractivity contribution >= 4 is 5.96 Å². The molecule has 3 N–H and O–H groups in total. The van der Waals surface area contributed by atoms with Gasteiger partial charge in [0.15, 0.2) is 5.96 Å². The lowest BCUT2D eigenvalue weighted by molar-refractivity contribution is -0.936. The molecule has 0 amide bonds. The van der Waals surface area contributed by atoms with Gasteiger partial charge in [-0.15, -0.1) is 0 Å². The van der Waals surface area contributed by atoms with Crippen LogP contribution in [0, 0.1) is 27.1 Å². The Morgan fingerprint density at radius 3 is 0.988 bits per heavy atom. The fourth-order valence-corrected chi connectivity index (χ4v) is 16.0. The molecule has 484 valence electrons. The summed E-state index contributed by atoms with van der Waals surface area (Å²) in [5.74, 6) is 0.247. The second kappa shape index (κ2) is 30.6. The normalized spacial score (nSPS) is 27.0. The minimum atomic E-state index is 0. The third-order valence-electron chi connectivity index (χ3n) is 23.1. The average Bonchev–Trinajstić information content (AvgIpc) is 3.60. The number of quaternary nitrogens is 1. The quantitative estimate of drug-likeness (QED) is 0.139. The standard InChI is InChI=1S/C14H28N4.2C14H28N2.C13H27N2.C13H25NO.CH4.ClH/c1-13(2,3)18-10-6-14(7-11-18)4-8-17(9-5-14)12(15)16;2*1-13(2,3)16-11-7-14(8-12-16)5-9-15(4)10-6-14;1-13(2,3)14-7-11-15(12-8-14)9-5-4-6-10-15;1-12(2,3)14-8-4-5-13(11-14)6-9-15-10-7-13;;/h4-11H2,1-3H3,(H3,15,16);2*5-12H2,1-4H3;4-12H2,1-3H3;4-11H2,1-3H3;1H4;1H/q;;;+1;;;/p-1. The van der Waals surface area contributed by atoms with E-state index in [9.17, 15) is 0 Å². The summed E-state index contributed by atoms with van der Waals surface area (Å²) in [5.41, 5.74) is 9.85. The van der Waals surface area contributed by atoms with Crippen LogP contribution in [0.15, 0.2) is 0 Å². The monoisotopic (exact) mass is 1170 g/mol. The van der Waals surface area contributed by atoms with Gasteiger partial charge >= 0.3 is 0 Å². The topological polar surface area (TPSA) is 85.0 Å². The van der Waals surface area contributed by atoms with E-state index in [-0.39, 0.29) is 25.8 Å². The fourth-order valence-electron chi connectivity index (χ4n) is 16.0. The summed E-state index contributed by atoms with van der Waals surface area (Å²) in [4.78, 5) is 20.2. The third kappa shape index (κ3) is 21.8. The van der Waals surface area contributed by atoms with Crippen LogP contribution >= 0.6 is 0 Å². The Balaban J connectivity index is 0.000000219. The van der Waals surface area contributed by atoms with Gasteiger partial charge in [0.1, 0.15) is 0 Å². The summed E-state index contributed by atoms with van der Waals surface area (Å²) >= 11 is 0. The zero-order valence-electron chi connectivity index (χ0n) is 56.9. The Bertz CT molecular complexity index is 1730. The van der Waals surface area contributed by atoms with Crippen LogP contribution in [-0.4, -0.2) is 236 Å². The molecule has 10 saturated heterocycles. The van der Waals surface area contributed by atoms with Gasteiger partial charge in [0.05, 0.1) is 26.2 Å². The number of likely N-dealkylation sites (tertiary alicyclic amines) is 7. The molecule has 12 nitrogen and oxygen atoms in total. The molecule has 0 aromatic carbocycles. The number of piperidine rings is 8. The smallest absolute Gasteiger partial charge is 0.188 e. The summed E-state index contributed by atoms with van der Waals surface area (Å²) in [6.07, 6.45) is 26.3. The molecular formula is C69H140ClN11O. The minimum absolute atomic E-state index is 0. The van der Waals surface area contributed by atoms with Crippen LogP contribution < -0.4 is 18.1 Å². The van der Waals surface area contributed by atoms with Crippen molar-refractivity contribution in [1.29, 1.82) is 5.41 Å². The summed E-state index contributed by atoms with van der Waals surface area (Å²) < 4.78 is 6.94. The number of nitrogens with one attached hydrogen (secondary N) is 1. The first-order valence-corrected chi connectivity index (χ1v) is 33.8. The van der Waals surface area contributed by atoms with Gasteiger partial charge in [-0.1, -0.05) is 7.43 Å². The zero-order chi connectivity index (χ0) is 58.9. The van der Waals surface area contributed by atoms with E-state index < -0.39 is 0 Å². The number of rotatable bonds is 0. The molecule has 5 spiro atoms. The number of guanidine groups is 1. The number of hydrogen-bond acceptors (Lipinski definition) is 9. The van der Waals surface area contributed by atoms with Gasteiger partial charge in [-0.05, 0) is 334 Å². The van der Waals surface area contributed by atoms with Crippen molar-refractivity contribution in [1.82, 2.24) is 39.2 Å². The summed E-state index contributed by atoms with van der Waals surface area (Å²) in [6, 6.07) is 0. The van der Waals surface area contributed by atoms with Crippen LogP contribution in [-0.2, 0) is 4.74 Å². The first-order chi connectivity index (χ1) is 37.2. The number of halogens is 1. The minimum Gasteiger partial charge on any atom is -1.00 e. The number of nitrogens with two attached hydrogens (primary N) is 1. The van der Waals surface area contributed by atoms with Crippen molar-refractivity contribution in [3.8, 4) is 0 Å². The molecule has 82 heavy (non-hydrogen) atoms. The Morgan fingerprint density at radius 1 is 0.366 bits per heavy atom. The maximum absolute atomic E-state index is 7.50. The molecule has 10 heterocycles. The molecule has 10 rings (SSSR count). The van der Waals surface area contributed by atoms with Crippen molar-refractivity contribution in [3.05, 3.63) is 0 Å². The van der Waals surface area contributed by atoms with E-state index >= 15 is 0 Å². The van der Waals surface area contributed by atoms with Crippen molar-refractivity contribution in [2.24, 2.45) is 27.4 Å². The summed E-state index contributed by atoms with van der Waals surface area (Å²) in [7, 11) is 4.52. The number of hydrogen-bond donors (Lipinski definition) is 2. The van der Waals surface area contributed by atoms with Crippen LogP contribution in [0.2, 0.25) is 0 Å². The fraction of sp³-hybridized carbons (Fsp3) is 0.986. The van der Waals surface area contributed by atoms with Gasteiger partial charge in [-0.2, -0.15) is 0 Å². The summed E-state index contributed by atoms with van der Waals surface area (Å²) in [5, 5.41) is 7.50. The van der Waals surface area contributed by atoms with Crippen LogP contribution in [0.3, 0.4) is 0 Å². The number of piperazine rings is 1. The molecular weight excluding hydrogens is 1030 g/mol. The largest absolute Gasteiger partial charge is 1.00 e. The maximum Gasteiger partial charge on any atom is 0.188 e. The first-order valence-electron chi connectivity index (χ1n) is 33.8. The Kier molecular flexibility index (Phi) is 27.5. The van der Waals surface area contributed by atoms with E-state index in [1.807, 2.05) is 4.90 Å². The van der Waals surface area contributed by atoms with Crippen molar-refractivity contribution in [2.45, 2.75) is 261 Å². The first kappa shape index (κ1) is 73.7. The molecule has 13 heteroatoms. The Hall–Kier alpha value is -0.800. The molecule has 0 unspecified atom stereocenters. The van der Waals surface area contributed by atoms with E-state index in [2.05, 4.69) is 152 Å². The highest BCUT2D eigenvalue weighted by Crippen LogP contribution is 2.45. The van der Waals surface area contributed by atoms with Gasteiger partial charge in [0.25, 0.3) is 0 Å². The van der Waals surface area contributed by atoms with Crippen LogP contribution in [0.5, 0.6) is 0 Å². The SMILES string of the molecule is C.CC(C)(C)N1CCC2(CCN(C(=N)N)CC2)CC1.CC(C)(C)N1CCCC2(CCOCC2)C1.CC(C)(C)N1CC[N+]2(CCCCC2)CC1.CN1CCC2(CC1)CCN(C(C)(C)C)CC2.CN1CCC2(CC1)CCN(C(C)(C)C)CC2.[Cl-]. The molecule has 10 aliphatic heterocycles. The van der Waals surface area contributed by atoms with Crippen LogP contribution in [0.4, 0.5) is 0 Å². The highest BCUT2D eigenvalue weighted by Gasteiger charge is 2.44. The third-order valence-corrected chi connectivity index (χ3v) is 23.1. The predicted molar refractivity (Wildman–Crippen MR) is 350 cm³/mol. The lowest BCUT2D eigenvalue weighted by Crippen LogP contribution is -3.00. The van der Waals surface area contributed by atoms with Crippen LogP contribution in [0.1, 0.15) is 233 Å². The maximum atomic E-state index is 7.50. The molecule has 10 aliphatic rings. The Morgan fingerprint density at radius 2 is 0.671 bits per heavy atom. The highest BCUT2D eigenvalue weighted by molar-refractivity contribution is 5.74. The van der Waals surface area contributed by atoms with Gasteiger partial charge < -0.3 is 42.1 Å². The van der Waals surface area contributed by atoms with E-state index in [0.717, 1.165) is 26.3 Å². The van der Waals surface area contributed by atoms with E-state index in [0.29, 0.717) is 49.4 Å². The molecule has 10 fully saturated rings. The molecule has 0 saturated carbocycles. The van der Waals surface area contributed by atoms with Crippen LogP contribution in [0.25, 0.3) is 0 Å². The predicted octanol–water partition coefficient (Wildman–Crippen LogP) is 9.46. The zero-order valence-corrected chi connectivity index (χ0v) is 57.6. The van der Waals surface area contributed by atoms with Crippen molar-refractivity contribution in [2.75, 3.05) is 158 Å². The second-order valence-corrected chi connectivity index (χ2v) is 33.7. The number of ether oxygens (including phenoxy) is 1. The van der Waals surface area contributed by atoms with Crippen molar-refractivity contribution < 1.29 is 21.6 Å². The van der Waals surface area contributed by atoms with Gasteiger partial charge in [-0.25, -0.2) is 0 Å². The lowest BCUT2D eigenvalue weighted by Gasteiger charge is -2.50. The van der Waals surface area contributed by atoms with E-state index in [4.69, 9.17) is 15.9 Å².